The van der Waals surface area contributed by atoms with Crippen LogP contribution in [0, 0.1) is 5.41 Å². The van der Waals surface area contributed by atoms with Gasteiger partial charge in [0.15, 0.2) is 0 Å². The van der Waals surface area contributed by atoms with Gasteiger partial charge in [0.25, 0.3) is 0 Å². The van der Waals surface area contributed by atoms with Crippen LogP contribution in [0.4, 0.5) is 0 Å². The molecule has 0 saturated heterocycles. The molecule has 0 amide bonds. The van der Waals surface area contributed by atoms with Crippen LogP contribution in [0.2, 0.25) is 0 Å². The van der Waals surface area contributed by atoms with Crippen molar-refractivity contribution in [3.8, 4) is 0 Å². The summed E-state index contributed by atoms with van der Waals surface area (Å²) in [6.45, 7) is 6.72. The summed E-state index contributed by atoms with van der Waals surface area (Å²) < 4.78 is 0. The van der Waals surface area contributed by atoms with Gasteiger partial charge in [0.05, 0.1) is 0 Å². The number of hydrogen-bond acceptors (Lipinski definition) is 3. The highest BCUT2D eigenvalue weighted by Crippen LogP contribution is 2.33. The van der Waals surface area contributed by atoms with E-state index in [0.29, 0.717) is 0 Å². The summed E-state index contributed by atoms with van der Waals surface area (Å²) in [5.41, 5.74) is 0.0554. The van der Waals surface area contributed by atoms with Gasteiger partial charge in [-0.1, -0.05) is 19.9 Å². The Kier molecular flexibility index (Phi) is 4.23. The van der Waals surface area contributed by atoms with E-state index in [-0.39, 0.29) is 12.0 Å². The number of nitrogens with zero attached hydrogens (tertiary/aromatic N) is 1. The van der Waals surface area contributed by atoms with Crippen LogP contribution in [-0.2, 0) is 6.54 Å². The van der Waals surface area contributed by atoms with Crippen molar-refractivity contribution in [3.05, 3.63) is 22.4 Å². The van der Waals surface area contributed by atoms with Crippen LogP contribution >= 0.6 is 11.3 Å². The van der Waals surface area contributed by atoms with Crippen molar-refractivity contribution in [1.82, 2.24) is 4.90 Å². The van der Waals surface area contributed by atoms with Gasteiger partial charge in [-0.2, -0.15) is 0 Å². The van der Waals surface area contributed by atoms with Gasteiger partial charge in [-0.3, -0.25) is 4.90 Å². The second-order valence-corrected chi connectivity index (χ2v) is 6.57. The van der Waals surface area contributed by atoms with E-state index in [1.807, 2.05) is 11.3 Å². The maximum absolute atomic E-state index is 9.54. The van der Waals surface area contributed by atoms with E-state index in [1.54, 1.807) is 0 Å². The predicted octanol–water partition coefficient (Wildman–Crippen LogP) is 3.12. The minimum atomic E-state index is 0.0554. The first-order valence-electron chi connectivity index (χ1n) is 6.54. The summed E-state index contributed by atoms with van der Waals surface area (Å²) in [5, 5.41) is 11.7. The lowest BCUT2D eigenvalue weighted by Crippen LogP contribution is -2.38. The third-order valence-corrected chi connectivity index (χ3v) is 4.68. The molecule has 1 aromatic rings. The van der Waals surface area contributed by atoms with Gasteiger partial charge in [0, 0.05) is 36.0 Å². The number of thiophene rings is 1. The molecule has 0 aromatic carbocycles. The van der Waals surface area contributed by atoms with Gasteiger partial charge >= 0.3 is 0 Å². The van der Waals surface area contributed by atoms with E-state index in [2.05, 4.69) is 36.3 Å². The highest BCUT2D eigenvalue weighted by molar-refractivity contribution is 7.09. The summed E-state index contributed by atoms with van der Waals surface area (Å²) in [5.74, 6) is 0. The zero-order valence-corrected chi connectivity index (χ0v) is 11.7. The molecule has 3 heteroatoms. The molecule has 1 atom stereocenters. The van der Waals surface area contributed by atoms with E-state index in [0.717, 1.165) is 25.6 Å². The molecule has 17 heavy (non-hydrogen) atoms. The van der Waals surface area contributed by atoms with Crippen molar-refractivity contribution in [2.45, 2.75) is 45.7 Å². The number of aliphatic hydroxyl groups excluding tert-OH is 1. The van der Waals surface area contributed by atoms with E-state index in [9.17, 15) is 5.11 Å². The molecule has 0 spiro atoms. The fourth-order valence-corrected chi connectivity index (χ4v) is 2.85. The molecule has 0 aliphatic heterocycles. The SMILES string of the molecule is CCC(C)(CO)CN(Cc1cccs1)C1CC1. The van der Waals surface area contributed by atoms with Crippen molar-refractivity contribution >= 4 is 11.3 Å². The van der Waals surface area contributed by atoms with Gasteiger partial charge in [0.1, 0.15) is 0 Å². The zero-order chi connectivity index (χ0) is 12.3. The van der Waals surface area contributed by atoms with Gasteiger partial charge in [0.2, 0.25) is 0 Å². The number of rotatable bonds is 7. The smallest absolute Gasteiger partial charge is 0.0496 e. The Bertz CT molecular complexity index is 328. The molecule has 1 unspecified atom stereocenters. The Morgan fingerprint density at radius 2 is 2.29 bits per heavy atom. The summed E-state index contributed by atoms with van der Waals surface area (Å²) in [4.78, 5) is 4.00. The van der Waals surface area contributed by atoms with Crippen molar-refractivity contribution in [3.63, 3.8) is 0 Å². The molecule has 1 aliphatic rings. The van der Waals surface area contributed by atoms with Crippen LogP contribution in [0.15, 0.2) is 17.5 Å². The molecule has 96 valence electrons. The van der Waals surface area contributed by atoms with Gasteiger partial charge in [-0.15, -0.1) is 11.3 Å². The molecule has 1 fully saturated rings. The van der Waals surface area contributed by atoms with E-state index in [1.165, 1.54) is 17.7 Å². The average molecular weight is 253 g/mol. The van der Waals surface area contributed by atoms with Crippen molar-refractivity contribution in [1.29, 1.82) is 0 Å². The van der Waals surface area contributed by atoms with E-state index in [4.69, 9.17) is 0 Å². The molecule has 0 bridgehead atoms. The molecule has 1 aliphatic carbocycles. The third kappa shape index (κ3) is 3.54. The first kappa shape index (κ1) is 13.1. The topological polar surface area (TPSA) is 23.5 Å². The molecule has 0 radical (unpaired) electrons. The molecular formula is C14H23NOS. The normalized spacial score (nSPS) is 19.5. The largest absolute Gasteiger partial charge is 0.396 e. The second-order valence-electron chi connectivity index (χ2n) is 5.54. The lowest BCUT2D eigenvalue weighted by Gasteiger charge is -2.33. The van der Waals surface area contributed by atoms with Gasteiger partial charge < -0.3 is 5.11 Å². The standard InChI is InChI=1S/C14H23NOS/c1-3-14(2,11-16)10-15(12-6-7-12)9-13-5-4-8-17-13/h4-5,8,12,16H,3,6-7,9-11H2,1-2H3. The molecule has 1 aromatic heterocycles. The van der Waals surface area contributed by atoms with Crippen LogP contribution in [0.3, 0.4) is 0 Å². The van der Waals surface area contributed by atoms with Crippen molar-refractivity contribution in [2.75, 3.05) is 13.2 Å². The third-order valence-electron chi connectivity index (χ3n) is 3.82. The Hall–Kier alpha value is -0.380. The molecule has 1 heterocycles. The fourth-order valence-electron chi connectivity index (χ4n) is 2.12. The van der Waals surface area contributed by atoms with Gasteiger partial charge in [-0.05, 0) is 30.7 Å². The van der Waals surface area contributed by atoms with Crippen molar-refractivity contribution in [2.24, 2.45) is 5.41 Å². The van der Waals surface area contributed by atoms with Crippen LogP contribution < -0.4 is 0 Å². The Labute approximate surface area is 108 Å². The summed E-state index contributed by atoms with van der Waals surface area (Å²) in [7, 11) is 0. The molecule has 2 nitrogen and oxygen atoms in total. The van der Waals surface area contributed by atoms with Crippen LogP contribution in [0.1, 0.15) is 38.0 Å². The Morgan fingerprint density at radius 1 is 1.53 bits per heavy atom. The molecule has 2 rings (SSSR count). The Balaban J connectivity index is 1.97. The van der Waals surface area contributed by atoms with Crippen LogP contribution in [0.5, 0.6) is 0 Å². The second kappa shape index (κ2) is 5.51. The highest BCUT2D eigenvalue weighted by atomic mass is 32.1. The molecule has 1 saturated carbocycles. The first-order valence-corrected chi connectivity index (χ1v) is 7.42. The average Bonchev–Trinajstić information content (AvgIpc) is 3.07. The van der Waals surface area contributed by atoms with Crippen LogP contribution in [-0.4, -0.2) is 29.2 Å². The minimum Gasteiger partial charge on any atom is -0.396 e. The van der Waals surface area contributed by atoms with E-state index >= 15 is 0 Å². The quantitative estimate of drug-likeness (QED) is 0.807. The maximum atomic E-state index is 9.54. The van der Waals surface area contributed by atoms with E-state index < -0.39 is 0 Å². The van der Waals surface area contributed by atoms with Crippen LogP contribution in [0.25, 0.3) is 0 Å². The number of hydrogen-bond donors (Lipinski definition) is 1. The Morgan fingerprint density at radius 3 is 2.76 bits per heavy atom. The summed E-state index contributed by atoms with van der Waals surface area (Å²) in [6, 6.07) is 5.09. The molecular weight excluding hydrogens is 230 g/mol. The summed E-state index contributed by atoms with van der Waals surface area (Å²) in [6.07, 6.45) is 3.70. The highest BCUT2D eigenvalue weighted by Gasteiger charge is 2.34. The van der Waals surface area contributed by atoms with Gasteiger partial charge in [-0.25, -0.2) is 0 Å². The number of aliphatic hydroxyl groups is 1. The fraction of sp³-hybridized carbons (Fsp3) is 0.714. The monoisotopic (exact) mass is 253 g/mol. The lowest BCUT2D eigenvalue weighted by atomic mass is 9.88. The lowest BCUT2D eigenvalue weighted by molar-refractivity contribution is 0.0777. The maximum Gasteiger partial charge on any atom is 0.0496 e. The predicted molar refractivity (Wildman–Crippen MR) is 73.2 cm³/mol. The summed E-state index contributed by atoms with van der Waals surface area (Å²) >= 11 is 1.83. The first-order chi connectivity index (χ1) is 8.17. The minimum absolute atomic E-state index is 0.0554. The molecule has 1 N–H and O–H groups in total. The zero-order valence-electron chi connectivity index (χ0n) is 10.9. The van der Waals surface area contributed by atoms with Crippen molar-refractivity contribution < 1.29 is 5.11 Å².